The van der Waals surface area contributed by atoms with Gasteiger partial charge in [-0.3, -0.25) is 4.79 Å². The molecule has 0 aliphatic rings. The molecule has 6 heteroatoms. The molecule has 0 atom stereocenters. The van der Waals surface area contributed by atoms with Crippen LogP contribution in [0.1, 0.15) is 22.8 Å². The van der Waals surface area contributed by atoms with Crippen LogP contribution in [0, 0.1) is 0 Å². The predicted octanol–water partition coefficient (Wildman–Crippen LogP) is 4.14. The molecule has 0 heterocycles. The summed E-state index contributed by atoms with van der Waals surface area (Å²) < 4.78 is 21.4. The quantitative estimate of drug-likeness (QED) is 0.473. The molecule has 0 radical (unpaired) electrons. The van der Waals surface area contributed by atoms with E-state index in [1.807, 2.05) is 30.3 Å². The van der Waals surface area contributed by atoms with Gasteiger partial charge in [0, 0.05) is 12.3 Å². The lowest BCUT2D eigenvalue weighted by Gasteiger charge is -2.15. The molecule has 6 nitrogen and oxygen atoms in total. The van der Waals surface area contributed by atoms with Gasteiger partial charge >= 0.3 is 11.9 Å². The van der Waals surface area contributed by atoms with Crippen LogP contribution in [0.3, 0.4) is 0 Å². The molecule has 0 saturated heterocycles. The van der Waals surface area contributed by atoms with Gasteiger partial charge in [0.1, 0.15) is 12.4 Å². The van der Waals surface area contributed by atoms with E-state index in [9.17, 15) is 9.59 Å². The number of methoxy groups -OCH3 is 2. The third-order valence-electron chi connectivity index (χ3n) is 4.11. The van der Waals surface area contributed by atoms with Crippen LogP contribution in [0.5, 0.6) is 17.2 Å². The Labute approximate surface area is 162 Å². The summed E-state index contributed by atoms with van der Waals surface area (Å²) in [5.41, 5.74) is 1.28. The van der Waals surface area contributed by atoms with E-state index in [0.29, 0.717) is 28.9 Å². The Morgan fingerprint density at radius 2 is 1.64 bits per heavy atom. The summed E-state index contributed by atoms with van der Waals surface area (Å²) in [4.78, 5) is 23.5. The molecule has 3 rings (SSSR count). The standard InChI is InChI=1S/C22H20O6/c1-14(23)28-19-11-17(22(24)26-3)9-16-10-21(20(25-2)12-18(16)19)27-13-15-7-5-4-6-8-15/h4-12H,13H2,1-3H3. The van der Waals surface area contributed by atoms with E-state index >= 15 is 0 Å². The molecule has 0 spiro atoms. The Morgan fingerprint density at radius 1 is 0.893 bits per heavy atom. The van der Waals surface area contributed by atoms with Gasteiger partial charge in [-0.2, -0.15) is 0 Å². The molecule has 0 fully saturated rings. The van der Waals surface area contributed by atoms with Crippen molar-refractivity contribution < 1.29 is 28.5 Å². The molecule has 0 unspecified atom stereocenters. The van der Waals surface area contributed by atoms with E-state index in [4.69, 9.17) is 18.9 Å². The molecule has 0 bridgehead atoms. The third kappa shape index (κ3) is 4.23. The lowest BCUT2D eigenvalue weighted by molar-refractivity contribution is -0.131. The van der Waals surface area contributed by atoms with Gasteiger partial charge in [-0.25, -0.2) is 4.79 Å². The molecule has 0 amide bonds. The molecule has 0 saturated carbocycles. The van der Waals surface area contributed by atoms with Crippen molar-refractivity contribution >= 4 is 22.7 Å². The number of hydrogen-bond donors (Lipinski definition) is 0. The minimum absolute atomic E-state index is 0.248. The Balaban J connectivity index is 2.07. The number of rotatable bonds is 6. The number of hydrogen-bond acceptors (Lipinski definition) is 6. The zero-order valence-corrected chi connectivity index (χ0v) is 15.9. The van der Waals surface area contributed by atoms with Crippen molar-refractivity contribution in [3.05, 3.63) is 65.7 Å². The van der Waals surface area contributed by atoms with Gasteiger partial charge in [-0.15, -0.1) is 0 Å². The fourth-order valence-electron chi connectivity index (χ4n) is 2.82. The van der Waals surface area contributed by atoms with E-state index in [1.165, 1.54) is 27.2 Å². The summed E-state index contributed by atoms with van der Waals surface area (Å²) in [6.07, 6.45) is 0. The van der Waals surface area contributed by atoms with Gasteiger partial charge in [-0.1, -0.05) is 30.3 Å². The van der Waals surface area contributed by atoms with Crippen LogP contribution in [0.4, 0.5) is 0 Å². The molecule has 144 valence electrons. The second-order valence-electron chi connectivity index (χ2n) is 6.06. The van der Waals surface area contributed by atoms with Gasteiger partial charge in [0.25, 0.3) is 0 Å². The number of carbonyl (C=O) groups is 2. The van der Waals surface area contributed by atoms with E-state index in [0.717, 1.165) is 5.56 Å². The Hall–Kier alpha value is -3.54. The maximum absolute atomic E-state index is 12.0. The summed E-state index contributed by atoms with van der Waals surface area (Å²) in [7, 11) is 2.82. The van der Waals surface area contributed by atoms with E-state index < -0.39 is 11.9 Å². The highest BCUT2D eigenvalue weighted by Gasteiger charge is 2.16. The maximum Gasteiger partial charge on any atom is 0.338 e. The summed E-state index contributed by atoms with van der Waals surface area (Å²) in [5, 5.41) is 1.27. The Morgan fingerprint density at radius 3 is 2.29 bits per heavy atom. The first kappa shape index (κ1) is 19.2. The van der Waals surface area contributed by atoms with Crippen molar-refractivity contribution in [1.82, 2.24) is 0 Å². The van der Waals surface area contributed by atoms with Crippen molar-refractivity contribution in [3.8, 4) is 17.2 Å². The zero-order chi connectivity index (χ0) is 20.1. The highest BCUT2D eigenvalue weighted by Crippen LogP contribution is 2.38. The Kier molecular flexibility index (Phi) is 5.79. The topological polar surface area (TPSA) is 71.1 Å². The third-order valence-corrected chi connectivity index (χ3v) is 4.11. The molecule has 28 heavy (non-hydrogen) atoms. The van der Waals surface area contributed by atoms with Crippen LogP contribution in [-0.2, 0) is 16.1 Å². The number of fused-ring (bicyclic) bond motifs is 1. The second kappa shape index (κ2) is 8.43. The lowest BCUT2D eigenvalue weighted by atomic mass is 10.0. The fraction of sp³-hybridized carbons (Fsp3) is 0.182. The van der Waals surface area contributed by atoms with Gasteiger partial charge in [0.2, 0.25) is 0 Å². The molecule has 0 aromatic heterocycles. The average molecular weight is 380 g/mol. The van der Waals surface area contributed by atoms with E-state index in [-0.39, 0.29) is 11.3 Å². The van der Waals surface area contributed by atoms with Crippen LogP contribution in [0.25, 0.3) is 10.8 Å². The van der Waals surface area contributed by atoms with Crippen molar-refractivity contribution in [2.45, 2.75) is 13.5 Å². The fourth-order valence-corrected chi connectivity index (χ4v) is 2.82. The van der Waals surface area contributed by atoms with Crippen molar-refractivity contribution in [1.29, 1.82) is 0 Å². The highest BCUT2D eigenvalue weighted by atomic mass is 16.5. The molecule has 0 aliphatic heterocycles. The molecule has 3 aromatic carbocycles. The minimum Gasteiger partial charge on any atom is -0.493 e. The first-order chi connectivity index (χ1) is 13.5. The lowest BCUT2D eigenvalue weighted by Crippen LogP contribution is -2.06. The molecule has 0 N–H and O–H groups in total. The molecular weight excluding hydrogens is 360 g/mol. The van der Waals surface area contributed by atoms with Crippen molar-refractivity contribution in [2.75, 3.05) is 14.2 Å². The highest BCUT2D eigenvalue weighted by molar-refractivity contribution is 6.00. The average Bonchev–Trinajstić information content (AvgIpc) is 2.71. The van der Waals surface area contributed by atoms with E-state index in [2.05, 4.69) is 0 Å². The SMILES string of the molecule is COC(=O)c1cc(OC(C)=O)c2cc(OC)c(OCc3ccccc3)cc2c1. The summed E-state index contributed by atoms with van der Waals surface area (Å²) in [5.74, 6) is 0.222. The normalized spacial score (nSPS) is 10.4. The smallest absolute Gasteiger partial charge is 0.338 e. The monoisotopic (exact) mass is 380 g/mol. The predicted molar refractivity (Wildman–Crippen MR) is 104 cm³/mol. The van der Waals surface area contributed by atoms with Gasteiger partial charge in [0.15, 0.2) is 11.5 Å². The zero-order valence-electron chi connectivity index (χ0n) is 15.9. The first-order valence-electron chi connectivity index (χ1n) is 8.61. The molecule has 3 aromatic rings. The second-order valence-corrected chi connectivity index (χ2v) is 6.06. The Bertz CT molecular complexity index is 1010. The number of esters is 2. The van der Waals surface area contributed by atoms with Gasteiger partial charge < -0.3 is 18.9 Å². The van der Waals surface area contributed by atoms with Crippen molar-refractivity contribution in [3.63, 3.8) is 0 Å². The van der Waals surface area contributed by atoms with Crippen LogP contribution < -0.4 is 14.2 Å². The molecule has 0 aliphatic carbocycles. The summed E-state index contributed by atoms with van der Waals surface area (Å²) in [6.45, 7) is 1.65. The van der Waals surface area contributed by atoms with Gasteiger partial charge in [0.05, 0.1) is 19.8 Å². The van der Waals surface area contributed by atoms with Crippen LogP contribution >= 0.6 is 0 Å². The number of carbonyl (C=O) groups excluding carboxylic acids is 2. The minimum atomic E-state index is -0.530. The largest absolute Gasteiger partial charge is 0.493 e. The van der Waals surface area contributed by atoms with Gasteiger partial charge in [-0.05, 0) is 35.2 Å². The van der Waals surface area contributed by atoms with Crippen LogP contribution in [0.15, 0.2) is 54.6 Å². The van der Waals surface area contributed by atoms with Crippen LogP contribution in [0.2, 0.25) is 0 Å². The van der Waals surface area contributed by atoms with Crippen molar-refractivity contribution in [2.24, 2.45) is 0 Å². The van der Waals surface area contributed by atoms with E-state index in [1.54, 1.807) is 18.2 Å². The first-order valence-corrected chi connectivity index (χ1v) is 8.61. The number of benzene rings is 3. The maximum atomic E-state index is 12.0. The molecular formula is C22H20O6. The number of ether oxygens (including phenoxy) is 4. The summed E-state index contributed by atoms with van der Waals surface area (Å²) >= 11 is 0. The van der Waals surface area contributed by atoms with Crippen LogP contribution in [-0.4, -0.2) is 26.2 Å². The summed E-state index contributed by atoms with van der Waals surface area (Å²) in [6, 6.07) is 16.3.